The number of carbonyl (C=O) groups is 2. The Hall–Kier alpha value is -4.35. The summed E-state index contributed by atoms with van der Waals surface area (Å²) < 4.78 is 4.71. The van der Waals surface area contributed by atoms with Crippen LogP contribution in [0, 0.1) is 23.2 Å². The molecule has 140 valence electrons. The summed E-state index contributed by atoms with van der Waals surface area (Å²) in [6.45, 7) is 0. The minimum Gasteiger partial charge on any atom is -0.465 e. The fraction of sp³-hybridized carbons (Fsp3) is 0.0417. The molecule has 5 nitrogen and oxygen atoms in total. The van der Waals surface area contributed by atoms with Gasteiger partial charge in [-0.15, -0.1) is 0 Å². The van der Waals surface area contributed by atoms with Crippen LogP contribution in [0.5, 0.6) is 0 Å². The van der Waals surface area contributed by atoms with Gasteiger partial charge in [-0.25, -0.2) is 4.79 Å². The Bertz CT molecular complexity index is 1180. The highest BCUT2D eigenvalue weighted by atomic mass is 16.5. The third kappa shape index (κ3) is 5.09. The number of methoxy groups -OCH3 is 1. The number of rotatable bonds is 3. The van der Waals surface area contributed by atoms with E-state index in [1.165, 1.54) is 13.2 Å². The number of benzene rings is 3. The summed E-state index contributed by atoms with van der Waals surface area (Å²) in [6.07, 6.45) is 0. The molecule has 0 bridgehead atoms. The van der Waals surface area contributed by atoms with Crippen molar-refractivity contribution in [3.63, 3.8) is 0 Å². The monoisotopic (exact) mass is 380 g/mol. The molecule has 5 heteroatoms. The number of esters is 1. The second kappa shape index (κ2) is 9.03. The molecular weight excluding hydrogens is 364 g/mol. The quantitative estimate of drug-likeness (QED) is 0.550. The topological polar surface area (TPSA) is 79.2 Å². The summed E-state index contributed by atoms with van der Waals surface area (Å²) >= 11 is 0. The lowest BCUT2D eigenvalue weighted by Gasteiger charge is -2.06. The molecule has 0 atom stereocenters. The van der Waals surface area contributed by atoms with Crippen LogP contribution in [0.25, 0.3) is 0 Å². The maximum atomic E-state index is 12.4. The zero-order chi connectivity index (χ0) is 20.6. The molecule has 0 fully saturated rings. The Morgan fingerprint density at radius 1 is 0.828 bits per heavy atom. The number of nitriles is 1. The predicted octanol–water partition coefficient (Wildman–Crippen LogP) is 4.00. The van der Waals surface area contributed by atoms with Crippen molar-refractivity contribution in [3.8, 4) is 17.9 Å². The molecule has 0 saturated heterocycles. The second-order valence-corrected chi connectivity index (χ2v) is 6.05. The number of amides is 1. The average molecular weight is 380 g/mol. The van der Waals surface area contributed by atoms with Crippen LogP contribution in [0.1, 0.15) is 37.4 Å². The minimum absolute atomic E-state index is 0.307. The number of ether oxygens (including phenoxy) is 1. The third-order valence-electron chi connectivity index (χ3n) is 4.01. The summed E-state index contributed by atoms with van der Waals surface area (Å²) in [5.41, 5.74) is 3.23. The maximum absolute atomic E-state index is 12.4. The van der Waals surface area contributed by atoms with E-state index in [1.807, 2.05) is 12.1 Å². The molecule has 3 rings (SSSR count). The first-order chi connectivity index (χ1) is 14.1. The summed E-state index contributed by atoms with van der Waals surface area (Å²) in [5, 5.41) is 11.8. The SMILES string of the molecule is COC(=O)c1cccc(C#Cc2cccc(NC(=O)c3cccc(C#N)c3)c2)c1. The molecule has 3 aromatic carbocycles. The van der Waals surface area contributed by atoms with Crippen molar-refractivity contribution in [2.24, 2.45) is 0 Å². The first kappa shape index (κ1) is 19.4. The number of nitrogens with zero attached hydrogens (tertiary/aromatic N) is 1. The molecule has 0 unspecified atom stereocenters. The molecule has 0 aliphatic rings. The van der Waals surface area contributed by atoms with E-state index < -0.39 is 5.97 Å². The molecule has 0 radical (unpaired) electrons. The largest absolute Gasteiger partial charge is 0.465 e. The minimum atomic E-state index is -0.418. The molecule has 0 saturated carbocycles. The van der Waals surface area contributed by atoms with Gasteiger partial charge in [-0.3, -0.25) is 4.79 Å². The third-order valence-corrected chi connectivity index (χ3v) is 4.01. The van der Waals surface area contributed by atoms with Gasteiger partial charge in [0.15, 0.2) is 0 Å². The van der Waals surface area contributed by atoms with Gasteiger partial charge in [0.1, 0.15) is 0 Å². The highest BCUT2D eigenvalue weighted by Gasteiger charge is 2.07. The summed E-state index contributed by atoms with van der Waals surface area (Å²) in [6, 6.07) is 22.5. The van der Waals surface area contributed by atoms with Gasteiger partial charge in [0.2, 0.25) is 0 Å². The molecule has 0 aromatic heterocycles. The highest BCUT2D eigenvalue weighted by molar-refractivity contribution is 6.04. The van der Waals surface area contributed by atoms with Gasteiger partial charge in [-0.1, -0.05) is 30.0 Å². The van der Waals surface area contributed by atoms with Gasteiger partial charge in [-0.2, -0.15) is 5.26 Å². The lowest BCUT2D eigenvalue weighted by molar-refractivity contribution is 0.0600. The normalized spacial score (nSPS) is 9.52. The molecule has 29 heavy (non-hydrogen) atoms. The number of hydrogen-bond donors (Lipinski definition) is 1. The van der Waals surface area contributed by atoms with Crippen LogP contribution >= 0.6 is 0 Å². The number of hydrogen-bond acceptors (Lipinski definition) is 4. The highest BCUT2D eigenvalue weighted by Crippen LogP contribution is 2.13. The van der Waals surface area contributed by atoms with Crippen LogP contribution in [0.2, 0.25) is 0 Å². The van der Waals surface area contributed by atoms with Crippen molar-refractivity contribution in [1.82, 2.24) is 0 Å². The van der Waals surface area contributed by atoms with Crippen molar-refractivity contribution in [2.45, 2.75) is 0 Å². The van der Waals surface area contributed by atoms with Crippen LogP contribution in [0.4, 0.5) is 5.69 Å². The zero-order valence-electron chi connectivity index (χ0n) is 15.6. The van der Waals surface area contributed by atoms with E-state index in [1.54, 1.807) is 60.7 Å². The lowest BCUT2D eigenvalue weighted by atomic mass is 10.1. The van der Waals surface area contributed by atoms with Crippen molar-refractivity contribution in [3.05, 3.63) is 101 Å². The first-order valence-corrected chi connectivity index (χ1v) is 8.71. The summed E-state index contributed by atoms with van der Waals surface area (Å²) in [4.78, 5) is 24.0. The lowest BCUT2D eigenvalue weighted by Crippen LogP contribution is -2.12. The molecular formula is C24H16N2O3. The molecule has 0 aliphatic heterocycles. The molecule has 3 aromatic rings. The second-order valence-electron chi connectivity index (χ2n) is 6.05. The van der Waals surface area contributed by atoms with Crippen molar-refractivity contribution >= 4 is 17.6 Å². The Kier molecular flexibility index (Phi) is 6.05. The number of carbonyl (C=O) groups excluding carboxylic acids is 2. The molecule has 0 heterocycles. The van der Waals surface area contributed by atoms with E-state index in [9.17, 15) is 9.59 Å². The summed E-state index contributed by atoms with van der Waals surface area (Å²) in [7, 11) is 1.33. The summed E-state index contributed by atoms with van der Waals surface area (Å²) in [5.74, 6) is 5.30. The van der Waals surface area contributed by atoms with Crippen LogP contribution in [0.15, 0.2) is 72.8 Å². The fourth-order valence-electron chi connectivity index (χ4n) is 2.59. The molecule has 0 spiro atoms. The van der Waals surface area contributed by atoms with E-state index >= 15 is 0 Å². The number of nitrogens with one attached hydrogen (secondary N) is 1. The molecule has 1 N–H and O–H groups in total. The van der Waals surface area contributed by atoms with E-state index in [0.717, 1.165) is 0 Å². The molecule has 0 aliphatic carbocycles. The van der Waals surface area contributed by atoms with Crippen LogP contribution < -0.4 is 5.32 Å². The van der Waals surface area contributed by atoms with Gasteiger partial charge in [0.25, 0.3) is 5.91 Å². The van der Waals surface area contributed by atoms with Crippen molar-refractivity contribution in [2.75, 3.05) is 12.4 Å². The maximum Gasteiger partial charge on any atom is 0.337 e. The predicted molar refractivity (Wildman–Crippen MR) is 109 cm³/mol. The van der Waals surface area contributed by atoms with Crippen LogP contribution in [0.3, 0.4) is 0 Å². The Morgan fingerprint density at radius 3 is 2.10 bits per heavy atom. The van der Waals surface area contributed by atoms with Gasteiger partial charge in [0, 0.05) is 22.4 Å². The van der Waals surface area contributed by atoms with Crippen molar-refractivity contribution < 1.29 is 14.3 Å². The standard InChI is InChI=1S/C24H16N2O3/c1-29-24(28)21-9-2-5-17(13-21)11-12-18-6-4-10-22(15-18)26-23(27)20-8-3-7-19(14-20)16-25/h2-10,13-15H,1H3,(H,26,27). The first-order valence-electron chi connectivity index (χ1n) is 8.71. The van der Waals surface area contributed by atoms with E-state index in [0.29, 0.717) is 33.5 Å². The molecule has 1 amide bonds. The van der Waals surface area contributed by atoms with Gasteiger partial charge in [-0.05, 0) is 54.6 Å². The Balaban J connectivity index is 1.77. The van der Waals surface area contributed by atoms with Crippen LogP contribution in [-0.4, -0.2) is 19.0 Å². The van der Waals surface area contributed by atoms with Gasteiger partial charge >= 0.3 is 5.97 Å². The van der Waals surface area contributed by atoms with E-state index in [2.05, 4.69) is 17.2 Å². The average Bonchev–Trinajstić information content (AvgIpc) is 2.77. The zero-order valence-corrected chi connectivity index (χ0v) is 15.6. The van der Waals surface area contributed by atoms with Crippen LogP contribution in [-0.2, 0) is 4.74 Å². The van der Waals surface area contributed by atoms with Crippen molar-refractivity contribution in [1.29, 1.82) is 5.26 Å². The smallest absolute Gasteiger partial charge is 0.337 e. The van der Waals surface area contributed by atoms with E-state index in [4.69, 9.17) is 10.00 Å². The van der Waals surface area contributed by atoms with Gasteiger partial charge < -0.3 is 10.1 Å². The van der Waals surface area contributed by atoms with Gasteiger partial charge in [0.05, 0.1) is 24.3 Å². The fourth-order valence-corrected chi connectivity index (χ4v) is 2.59. The number of anilines is 1. The van der Waals surface area contributed by atoms with E-state index in [-0.39, 0.29) is 5.91 Å². The Labute approximate surface area is 168 Å². The Morgan fingerprint density at radius 2 is 1.41 bits per heavy atom.